The molecular formula is C18H13N3O3S. The van der Waals surface area contributed by atoms with E-state index in [1.807, 2.05) is 41.8 Å². The van der Waals surface area contributed by atoms with Gasteiger partial charge in [-0.15, -0.1) is 11.3 Å². The van der Waals surface area contributed by atoms with E-state index in [0.29, 0.717) is 5.13 Å². The molecule has 1 saturated heterocycles. The highest BCUT2D eigenvalue weighted by Gasteiger charge is 2.50. The van der Waals surface area contributed by atoms with Crippen molar-refractivity contribution in [3.05, 3.63) is 87.4 Å². The number of non-ortho nitro benzene ring substituents is 1. The summed E-state index contributed by atoms with van der Waals surface area (Å²) in [6, 6.07) is 15.6. The summed E-state index contributed by atoms with van der Waals surface area (Å²) in [6.07, 6.45) is 1.65. The average molecular weight is 351 g/mol. The van der Waals surface area contributed by atoms with E-state index >= 15 is 0 Å². The molecule has 25 heavy (non-hydrogen) atoms. The Balaban J connectivity index is 1.80. The Morgan fingerprint density at radius 3 is 2.52 bits per heavy atom. The number of amides is 1. The van der Waals surface area contributed by atoms with Gasteiger partial charge in [-0.05, 0) is 11.1 Å². The summed E-state index contributed by atoms with van der Waals surface area (Å²) in [4.78, 5) is 29.4. The zero-order valence-corrected chi connectivity index (χ0v) is 13.8. The summed E-state index contributed by atoms with van der Waals surface area (Å²) in [7, 11) is 0. The van der Waals surface area contributed by atoms with Crippen LogP contribution >= 0.6 is 11.3 Å². The molecule has 1 aliphatic heterocycles. The highest BCUT2D eigenvalue weighted by Crippen LogP contribution is 2.49. The first kappa shape index (κ1) is 15.5. The van der Waals surface area contributed by atoms with Gasteiger partial charge in [0.1, 0.15) is 0 Å². The minimum atomic E-state index is -0.421. The predicted molar refractivity (Wildman–Crippen MR) is 94.6 cm³/mol. The standard InChI is InChI=1S/C18H13N3O3S/c22-17-15(12-5-2-1-3-6-12)16(20(17)18-19-9-10-25-18)13-7-4-8-14(11-13)21(23)24/h1-11,15-16H. The second-order valence-electron chi connectivity index (χ2n) is 5.71. The van der Waals surface area contributed by atoms with Crippen molar-refractivity contribution in [3.8, 4) is 0 Å². The van der Waals surface area contributed by atoms with Gasteiger partial charge < -0.3 is 0 Å². The van der Waals surface area contributed by atoms with Gasteiger partial charge in [-0.3, -0.25) is 19.8 Å². The lowest BCUT2D eigenvalue weighted by atomic mass is 9.78. The van der Waals surface area contributed by atoms with Crippen LogP contribution in [0.4, 0.5) is 10.8 Å². The minimum Gasteiger partial charge on any atom is -0.279 e. The first-order valence-corrected chi connectivity index (χ1v) is 8.56. The van der Waals surface area contributed by atoms with Gasteiger partial charge in [-0.1, -0.05) is 42.5 Å². The largest absolute Gasteiger partial charge is 0.279 e. The first-order valence-electron chi connectivity index (χ1n) is 7.68. The summed E-state index contributed by atoms with van der Waals surface area (Å²) in [5, 5.41) is 13.5. The van der Waals surface area contributed by atoms with E-state index in [4.69, 9.17) is 0 Å². The molecule has 2 unspecified atom stereocenters. The summed E-state index contributed by atoms with van der Waals surface area (Å²) >= 11 is 1.38. The quantitative estimate of drug-likeness (QED) is 0.405. The van der Waals surface area contributed by atoms with Crippen LogP contribution in [0.5, 0.6) is 0 Å². The van der Waals surface area contributed by atoms with Gasteiger partial charge in [0, 0.05) is 23.7 Å². The molecule has 6 nitrogen and oxygen atoms in total. The number of benzene rings is 2. The average Bonchev–Trinajstić information content (AvgIpc) is 3.14. The third kappa shape index (κ3) is 2.58. The van der Waals surface area contributed by atoms with E-state index in [0.717, 1.165) is 11.1 Å². The van der Waals surface area contributed by atoms with Gasteiger partial charge in [0.25, 0.3) is 5.69 Å². The highest BCUT2D eigenvalue weighted by atomic mass is 32.1. The number of hydrogen-bond donors (Lipinski definition) is 0. The molecule has 0 spiro atoms. The lowest BCUT2D eigenvalue weighted by Gasteiger charge is -2.46. The minimum absolute atomic E-state index is 0.0164. The van der Waals surface area contributed by atoms with Crippen LogP contribution in [0.15, 0.2) is 66.2 Å². The predicted octanol–water partition coefficient (Wildman–Crippen LogP) is 3.92. The van der Waals surface area contributed by atoms with Crippen molar-refractivity contribution in [2.24, 2.45) is 0 Å². The Morgan fingerprint density at radius 1 is 1.08 bits per heavy atom. The molecule has 7 heteroatoms. The molecule has 0 N–H and O–H groups in total. The van der Waals surface area contributed by atoms with Crippen LogP contribution in [-0.2, 0) is 4.79 Å². The molecule has 1 aliphatic rings. The molecule has 1 aromatic heterocycles. The van der Waals surface area contributed by atoms with Crippen molar-refractivity contribution >= 4 is 28.1 Å². The van der Waals surface area contributed by atoms with E-state index in [-0.39, 0.29) is 23.6 Å². The van der Waals surface area contributed by atoms with E-state index < -0.39 is 4.92 Å². The zero-order valence-electron chi connectivity index (χ0n) is 13.0. The molecule has 0 bridgehead atoms. The van der Waals surface area contributed by atoms with Crippen LogP contribution in [0.1, 0.15) is 23.1 Å². The molecule has 2 atom stereocenters. The van der Waals surface area contributed by atoms with Crippen molar-refractivity contribution in [1.82, 2.24) is 4.98 Å². The number of carbonyl (C=O) groups excluding carboxylic acids is 1. The molecule has 0 aliphatic carbocycles. The SMILES string of the molecule is O=C1C(c2ccccc2)C(c2cccc([N+](=O)[O-])c2)N1c1nccs1. The summed E-state index contributed by atoms with van der Waals surface area (Å²) in [5.41, 5.74) is 1.65. The summed E-state index contributed by atoms with van der Waals surface area (Å²) < 4.78 is 0. The van der Waals surface area contributed by atoms with Crippen LogP contribution in [0.25, 0.3) is 0 Å². The molecule has 1 fully saturated rings. The molecule has 2 heterocycles. The number of β-lactam (4-membered cyclic amide) rings is 1. The van der Waals surface area contributed by atoms with Gasteiger partial charge in [0.15, 0.2) is 5.13 Å². The third-order valence-corrected chi connectivity index (χ3v) is 5.07. The van der Waals surface area contributed by atoms with E-state index in [1.54, 1.807) is 17.2 Å². The fraction of sp³-hybridized carbons (Fsp3) is 0.111. The van der Waals surface area contributed by atoms with Gasteiger partial charge in [0.2, 0.25) is 5.91 Å². The Kier molecular flexibility index (Phi) is 3.77. The van der Waals surface area contributed by atoms with Gasteiger partial charge in [-0.2, -0.15) is 0 Å². The Hall–Kier alpha value is -3.06. The van der Waals surface area contributed by atoms with E-state index in [1.165, 1.54) is 23.5 Å². The molecule has 3 aromatic rings. The smallest absolute Gasteiger partial charge is 0.269 e. The fourth-order valence-electron chi connectivity index (χ4n) is 3.19. The number of nitro benzene ring substituents is 1. The molecule has 0 radical (unpaired) electrons. The number of nitro groups is 1. The van der Waals surface area contributed by atoms with Crippen molar-refractivity contribution in [1.29, 1.82) is 0 Å². The number of aromatic nitrogens is 1. The lowest BCUT2D eigenvalue weighted by Crippen LogP contribution is -2.53. The Bertz CT molecular complexity index is 928. The van der Waals surface area contributed by atoms with E-state index in [2.05, 4.69) is 4.98 Å². The lowest BCUT2D eigenvalue weighted by molar-refractivity contribution is -0.384. The number of thiazole rings is 1. The molecule has 1 amide bonds. The second-order valence-corrected chi connectivity index (χ2v) is 6.58. The fourth-order valence-corrected chi connectivity index (χ4v) is 3.87. The normalized spacial score (nSPS) is 19.5. The molecule has 0 saturated carbocycles. The molecular weight excluding hydrogens is 338 g/mol. The monoisotopic (exact) mass is 351 g/mol. The van der Waals surface area contributed by atoms with Gasteiger partial charge >= 0.3 is 0 Å². The van der Waals surface area contributed by atoms with Crippen LogP contribution < -0.4 is 4.90 Å². The molecule has 4 rings (SSSR count). The molecule has 2 aromatic carbocycles. The maximum Gasteiger partial charge on any atom is 0.269 e. The summed E-state index contributed by atoms with van der Waals surface area (Å²) in [5.74, 6) is -0.412. The van der Waals surface area contributed by atoms with Crippen LogP contribution in [0.2, 0.25) is 0 Å². The topological polar surface area (TPSA) is 76.3 Å². The number of carbonyl (C=O) groups is 1. The van der Waals surface area contributed by atoms with Crippen molar-refractivity contribution in [2.45, 2.75) is 12.0 Å². The third-order valence-electron chi connectivity index (χ3n) is 4.30. The highest BCUT2D eigenvalue weighted by molar-refractivity contribution is 7.13. The van der Waals surface area contributed by atoms with Gasteiger partial charge in [-0.25, -0.2) is 4.98 Å². The number of nitrogens with zero attached hydrogens (tertiary/aromatic N) is 3. The number of hydrogen-bond acceptors (Lipinski definition) is 5. The van der Waals surface area contributed by atoms with Crippen LogP contribution in [-0.4, -0.2) is 15.8 Å². The van der Waals surface area contributed by atoms with Crippen molar-refractivity contribution in [2.75, 3.05) is 4.90 Å². The van der Waals surface area contributed by atoms with E-state index in [9.17, 15) is 14.9 Å². The second kappa shape index (κ2) is 6.10. The first-order chi connectivity index (χ1) is 12.2. The van der Waals surface area contributed by atoms with Gasteiger partial charge in [0.05, 0.1) is 16.9 Å². The molecule has 124 valence electrons. The van der Waals surface area contributed by atoms with Crippen LogP contribution in [0.3, 0.4) is 0 Å². The summed E-state index contributed by atoms with van der Waals surface area (Å²) in [6.45, 7) is 0. The number of rotatable bonds is 4. The van der Waals surface area contributed by atoms with Crippen molar-refractivity contribution < 1.29 is 9.72 Å². The maximum absolute atomic E-state index is 12.8. The number of anilines is 1. The Morgan fingerprint density at radius 2 is 1.84 bits per heavy atom. The maximum atomic E-state index is 12.8. The van der Waals surface area contributed by atoms with Crippen LogP contribution in [0, 0.1) is 10.1 Å². The Labute approximate surface area is 147 Å². The van der Waals surface area contributed by atoms with Crippen molar-refractivity contribution in [3.63, 3.8) is 0 Å². The zero-order chi connectivity index (χ0) is 17.4.